The molecule has 0 saturated heterocycles. The number of phenolic OH excluding ortho intramolecular Hbond substituents is 1. The molecule has 0 unspecified atom stereocenters. The standard InChI is InChI=1S/C18H23N3O2/c1-4-5-15-18(21-17(23)10-12(2)3)19-11-16(20-15)13-6-8-14(22)9-7-13/h6-9,11-12,22H,4-5,10H2,1-3H3,(H,19,21,23). The van der Waals surface area contributed by atoms with E-state index in [1.54, 1.807) is 30.5 Å². The van der Waals surface area contributed by atoms with Crippen molar-refractivity contribution < 1.29 is 9.90 Å². The molecule has 0 atom stereocenters. The molecule has 0 fully saturated rings. The van der Waals surface area contributed by atoms with E-state index in [0.717, 1.165) is 29.8 Å². The number of nitrogens with zero attached hydrogens (tertiary/aromatic N) is 2. The van der Waals surface area contributed by atoms with Gasteiger partial charge in [0, 0.05) is 12.0 Å². The van der Waals surface area contributed by atoms with E-state index in [-0.39, 0.29) is 11.7 Å². The summed E-state index contributed by atoms with van der Waals surface area (Å²) in [7, 11) is 0. The second-order valence-electron chi connectivity index (χ2n) is 5.99. The maximum absolute atomic E-state index is 12.0. The van der Waals surface area contributed by atoms with Crippen molar-refractivity contribution in [3.05, 3.63) is 36.2 Å². The van der Waals surface area contributed by atoms with Gasteiger partial charge in [-0.25, -0.2) is 9.97 Å². The highest BCUT2D eigenvalue weighted by molar-refractivity contribution is 5.90. The highest BCUT2D eigenvalue weighted by Crippen LogP contribution is 2.22. The van der Waals surface area contributed by atoms with Crippen molar-refractivity contribution in [2.24, 2.45) is 5.92 Å². The summed E-state index contributed by atoms with van der Waals surface area (Å²) in [4.78, 5) is 21.0. The van der Waals surface area contributed by atoms with Crippen molar-refractivity contribution >= 4 is 11.7 Å². The molecule has 23 heavy (non-hydrogen) atoms. The topological polar surface area (TPSA) is 75.1 Å². The average Bonchev–Trinajstić information content (AvgIpc) is 2.49. The number of aromatic nitrogens is 2. The Labute approximate surface area is 136 Å². The van der Waals surface area contributed by atoms with Crippen LogP contribution in [0.2, 0.25) is 0 Å². The Morgan fingerprint density at radius 2 is 1.96 bits per heavy atom. The molecule has 0 radical (unpaired) electrons. The maximum atomic E-state index is 12.0. The van der Waals surface area contributed by atoms with Crippen molar-refractivity contribution in [1.82, 2.24) is 9.97 Å². The highest BCUT2D eigenvalue weighted by atomic mass is 16.3. The van der Waals surface area contributed by atoms with Gasteiger partial charge in [0.15, 0.2) is 5.82 Å². The molecule has 5 heteroatoms. The van der Waals surface area contributed by atoms with Gasteiger partial charge in [0.2, 0.25) is 5.91 Å². The summed E-state index contributed by atoms with van der Waals surface area (Å²) >= 11 is 0. The van der Waals surface area contributed by atoms with Gasteiger partial charge in [-0.15, -0.1) is 0 Å². The van der Waals surface area contributed by atoms with Crippen LogP contribution < -0.4 is 5.32 Å². The number of carbonyl (C=O) groups excluding carboxylic acids is 1. The summed E-state index contributed by atoms with van der Waals surface area (Å²) in [5.74, 6) is 1.02. The van der Waals surface area contributed by atoms with E-state index < -0.39 is 0 Å². The maximum Gasteiger partial charge on any atom is 0.225 e. The second-order valence-corrected chi connectivity index (χ2v) is 5.99. The number of benzene rings is 1. The van der Waals surface area contributed by atoms with Crippen LogP contribution in [0.25, 0.3) is 11.3 Å². The monoisotopic (exact) mass is 313 g/mol. The van der Waals surface area contributed by atoms with Gasteiger partial charge in [0.1, 0.15) is 5.75 Å². The molecule has 2 rings (SSSR count). The zero-order valence-electron chi connectivity index (χ0n) is 13.8. The molecule has 0 bridgehead atoms. The first kappa shape index (κ1) is 16.9. The van der Waals surface area contributed by atoms with Crippen molar-refractivity contribution in [3.8, 4) is 17.0 Å². The first-order valence-electron chi connectivity index (χ1n) is 7.94. The van der Waals surface area contributed by atoms with Crippen LogP contribution in [-0.2, 0) is 11.2 Å². The molecule has 1 aromatic heterocycles. The van der Waals surface area contributed by atoms with Crippen LogP contribution in [0.3, 0.4) is 0 Å². The summed E-state index contributed by atoms with van der Waals surface area (Å²) in [6.07, 6.45) is 3.78. The summed E-state index contributed by atoms with van der Waals surface area (Å²) < 4.78 is 0. The van der Waals surface area contributed by atoms with Gasteiger partial charge in [-0.05, 0) is 36.6 Å². The Bertz CT molecular complexity index is 666. The number of hydrogen-bond donors (Lipinski definition) is 2. The van der Waals surface area contributed by atoms with Crippen molar-refractivity contribution in [2.75, 3.05) is 5.32 Å². The predicted octanol–water partition coefficient (Wildman–Crippen LogP) is 3.79. The molecule has 2 aromatic rings. The molecule has 0 aliphatic heterocycles. The predicted molar refractivity (Wildman–Crippen MR) is 91.2 cm³/mol. The second kappa shape index (κ2) is 7.72. The van der Waals surface area contributed by atoms with E-state index in [1.807, 2.05) is 13.8 Å². The van der Waals surface area contributed by atoms with Crippen LogP contribution in [0.15, 0.2) is 30.5 Å². The number of nitrogens with one attached hydrogen (secondary N) is 1. The molecular formula is C18H23N3O2. The minimum Gasteiger partial charge on any atom is -0.508 e. The first-order chi connectivity index (χ1) is 11.0. The van der Waals surface area contributed by atoms with Gasteiger partial charge < -0.3 is 10.4 Å². The minimum atomic E-state index is -0.0379. The van der Waals surface area contributed by atoms with Crippen LogP contribution in [0.4, 0.5) is 5.82 Å². The Morgan fingerprint density at radius 1 is 1.26 bits per heavy atom. The molecule has 0 aliphatic carbocycles. The van der Waals surface area contributed by atoms with Crippen molar-refractivity contribution in [2.45, 2.75) is 40.0 Å². The summed E-state index contributed by atoms with van der Waals surface area (Å²) in [5.41, 5.74) is 2.40. The number of aromatic hydroxyl groups is 1. The van der Waals surface area contributed by atoms with Gasteiger partial charge in [0.25, 0.3) is 0 Å². The Hall–Kier alpha value is -2.43. The number of amides is 1. The third kappa shape index (κ3) is 4.77. The summed E-state index contributed by atoms with van der Waals surface area (Å²) in [5, 5.41) is 12.2. The highest BCUT2D eigenvalue weighted by Gasteiger charge is 2.12. The van der Waals surface area contributed by atoms with Gasteiger partial charge in [0.05, 0.1) is 17.6 Å². The third-order valence-electron chi connectivity index (χ3n) is 3.35. The SMILES string of the molecule is CCCc1nc(-c2ccc(O)cc2)cnc1NC(=O)CC(C)C. The number of phenols is 1. The number of hydrogen-bond acceptors (Lipinski definition) is 4. The number of anilines is 1. The smallest absolute Gasteiger partial charge is 0.225 e. The van der Waals surface area contributed by atoms with Crippen LogP contribution in [0, 0.1) is 5.92 Å². The van der Waals surface area contributed by atoms with E-state index in [9.17, 15) is 9.90 Å². The van der Waals surface area contributed by atoms with E-state index in [4.69, 9.17) is 0 Å². The number of carbonyl (C=O) groups is 1. The van der Waals surface area contributed by atoms with Gasteiger partial charge in [-0.3, -0.25) is 4.79 Å². The first-order valence-corrected chi connectivity index (χ1v) is 7.94. The minimum absolute atomic E-state index is 0.0379. The molecule has 1 heterocycles. The molecular weight excluding hydrogens is 290 g/mol. The fourth-order valence-corrected chi connectivity index (χ4v) is 2.27. The zero-order valence-corrected chi connectivity index (χ0v) is 13.8. The molecule has 0 saturated carbocycles. The number of aryl methyl sites for hydroxylation is 1. The van der Waals surface area contributed by atoms with Crippen LogP contribution in [-0.4, -0.2) is 21.0 Å². The largest absolute Gasteiger partial charge is 0.508 e. The molecule has 2 N–H and O–H groups in total. The van der Waals surface area contributed by atoms with Crippen LogP contribution in [0.1, 0.15) is 39.3 Å². The Kier molecular flexibility index (Phi) is 5.68. The molecule has 5 nitrogen and oxygen atoms in total. The van der Waals surface area contributed by atoms with E-state index in [1.165, 1.54) is 0 Å². The lowest BCUT2D eigenvalue weighted by atomic mass is 10.1. The molecule has 1 aromatic carbocycles. The van der Waals surface area contributed by atoms with E-state index in [2.05, 4.69) is 22.2 Å². The lowest BCUT2D eigenvalue weighted by Crippen LogP contribution is -2.17. The molecule has 0 spiro atoms. The van der Waals surface area contributed by atoms with Gasteiger partial charge in [-0.2, -0.15) is 0 Å². The van der Waals surface area contributed by atoms with Crippen molar-refractivity contribution in [3.63, 3.8) is 0 Å². The number of rotatable bonds is 6. The van der Waals surface area contributed by atoms with E-state index in [0.29, 0.717) is 18.2 Å². The fourth-order valence-electron chi connectivity index (χ4n) is 2.27. The molecule has 122 valence electrons. The van der Waals surface area contributed by atoms with Gasteiger partial charge in [-0.1, -0.05) is 27.2 Å². The lowest BCUT2D eigenvalue weighted by Gasteiger charge is -2.12. The molecule has 1 amide bonds. The lowest BCUT2D eigenvalue weighted by molar-refractivity contribution is -0.116. The van der Waals surface area contributed by atoms with E-state index >= 15 is 0 Å². The fraction of sp³-hybridized carbons (Fsp3) is 0.389. The summed E-state index contributed by atoms with van der Waals surface area (Å²) in [6, 6.07) is 6.84. The van der Waals surface area contributed by atoms with Crippen LogP contribution >= 0.6 is 0 Å². The van der Waals surface area contributed by atoms with Crippen LogP contribution in [0.5, 0.6) is 5.75 Å². The average molecular weight is 313 g/mol. The van der Waals surface area contributed by atoms with Crippen molar-refractivity contribution in [1.29, 1.82) is 0 Å². The normalized spacial score (nSPS) is 10.8. The molecule has 0 aliphatic rings. The Balaban J connectivity index is 2.27. The summed E-state index contributed by atoms with van der Waals surface area (Å²) in [6.45, 7) is 6.08. The third-order valence-corrected chi connectivity index (χ3v) is 3.35. The quantitative estimate of drug-likeness (QED) is 0.851. The zero-order chi connectivity index (χ0) is 16.8. The Morgan fingerprint density at radius 3 is 2.57 bits per heavy atom. The van der Waals surface area contributed by atoms with Gasteiger partial charge >= 0.3 is 0 Å².